The molecule has 0 saturated carbocycles. The van der Waals surface area contributed by atoms with Gasteiger partial charge < -0.3 is 5.32 Å². The van der Waals surface area contributed by atoms with Crippen molar-refractivity contribution in [3.8, 4) is 0 Å². The first-order valence-electron chi connectivity index (χ1n) is 7.85. The third-order valence-electron chi connectivity index (χ3n) is 4.03. The van der Waals surface area contributed by atoms with Crippen LogP contribution in [0.2, 0.25) is 0 Å². The van der Waals surface area contributed by atoms with Crippen molar-refractivity contribution in [2.75, 3.05) is 12.8 Å². The topological polar surface area (TPSA) is 12.0 Å². The molecule has 20 heavy (non-hydrogen) atoms. The van der Waals surface area contributed by atoms with Crippen molar-refractivity contribution in [2.45, 2.75) is 56.4 Å². The van der Waals surface area contributed by atoms with Crippen LogP contribution >= 0.6 is 11.8 Å². The second kappa shape index (κ2) is 8.53. The Balaban J connectivity index is 1.94. The number of nitrogens with one attached hydrogen (secondary N) is 1. The predicted octanol–water partition coefficient (Wildman–Crippen LogP) is 4.96. The van der Waals surface area contributed by atoms with Crippen LogP contribution in [0.1, 0.15) is 44.1 Å². The van der Waals surface area contributed by atoms with Gasteiger partial charge in [0.05, 0.1) is 0 Å². The highest BCUT2D eigenvalue weighted by atomic mass is 32.2. The second-order valence-electron chi connectivity index (χ2n) is 5.70. The molecular weight excluding hydrogens is 262 g/mol. The van der Waals surface area contributed by atoms with Gasteiger partial charge in [-0.3, -0.25) is 0 Å². The van der Waals surface area contributed by atoms with Gasteiger partial charge in [-0.15, -0.1) is 11.8 Å². The Labute approximate surface area is 128 Å². The molecule has 110 valence electrons. The van der Waals surface area contributed by atoms with Crippen LogP contribution in [0.4, 0.5) is 0 Å². The number of benzene rings is 1. The highest BCUT2D eigenvalue weighted by Gasteiger charge is 2.13. The maximum Gasteiger partial charge on any atom is 0.0371 e. The van der Waals surface area contributed by atoms with Crippen molar-refractivity contribution in [2.24, 2.45) is 0 Å². The molecule has 0 bridgehead atoms. The molecule has 1 aliphatic carbocycles. The third kappa shape index (κ3) is 4.99. The average Bonchev–Trinajstić information content (AvgIpc) is 2.41. The van der Waals surface area contributed by atoms with Crippen molar-refractivity contribution in [3.05, 3.63) is 41.5 Å². The lowest BCUT2D eigenvalue weighted by atomic mass is 9.96. The average molecular weight is 289 g/mol. The number of aryl methyl sites for hydroxylation is 1. The molecule has 0 fully saturated rings. The van der Waals surface area contributed by atoms with E-state index in [1.807, 2.05) is 11.8 Å². The molecule has 1 N–H and O–H groups in total. The molecular formula is C18H27NS. The Kier molecular flexibility index (Phi) is 6.68. The van der Waals surface area contributed by atoms with Crippen LogP contribution < -0.4 is 5.32 Å². The Bertz CT molecular complexity index is 439. The Morgan fingerprint density at radius 3 is 2.85 bits per heavy atom. The smallest absolute Gasteiger partial charge is 0.0371 e. The van der Waals surface area contributed by atoms with Gasteiger partial charge in [0.1, 0.15) is 0 Å². The zero-order chi connectivity index (χ0) is 14.2. The molecule has 0 saturated heterocycles. The lowest BCUT2D eigenvalue weighted by Crippen LogP contribution is -2.30. The summed E-state index contributed by atoms with van der Waals surface area (Å²) < 4.78 is 0. The van der Waals surface area contributed by atoms with Gasteiger partial charge in [0.2, 0.25) is 0 Å². The normalized spacial score (nSPS) is 20.6. The van der Waals surface area contributed by atoms with Gasteiger partial charge >= 0.3 is 0 Å². The monoisotopic (exact) mass is 289 g/mol. The van der Waals surface area contributed by atoms with Crippen LogP contribution in [-0.4, -0.2) is 18.8 Å². The number of thioether (sulfide) groups is 1. The first kappa shape index (κ1) is 15.7. The second-order valence-corrected chi connectivity index (χ2v) is 6.79. The summed E-state index contributed by atoms with van der Waals surface area (Å²) >= 11 is 1.97. The summed E-state index contributed by atoms with van der Waals surface area (Å²) in [4.78, 5) is 1.39. The maximum atomic E-state index is 3.52. The molecule has 0 spiro atoms. The van der Waals surface area contributed by atoms with Crippen molar-refractivity contribution in [3.63, 3.8) is 0 Å². The van der Waals surface area contributed by atoms with E-state index in [2.05, 4.69) is 49.6 Å². The number of rotatable bonds is 5. The van der Waals surface area contributed by atoms with E-state index in [9.17, 15) is 0 Å². The quantitative estimate of drug-likeness (QED) is 0.607. The van der Waals surface area contributed by atoms with Gasteiger partial charge in [0.15, 0.2) is 0 Å². The molecule has 2 heteroatoms. The lowest BCUT2D eigenvalue weighted by Gasteiger charge is -2.21. The van der Waals surface area contributed by atoms with Gasteiger partial charge in [-0.05, 0) is 51.8 Å². The van der Waals surface area contributed by atoms with E-state index in [1.54, 1.807) is 5.57 Å². The Morgan fingerprint density at radius 2 is 2.05 bits per heavy atom. The summed E-state index contributed by atoms with van der Waals surface area (Å²) in [5, 5.41) is 3.52. The fraction of sp³-hybridized carbons (Fsp3) is 0.556. The van der Waals surface area contributed by atoms with E-state index >= 15 is 0 Å². The first-order valence-corrected chi connectivity index (χ1v) is 8.84. The number of likely N-dealkylation sites (N-methyl/N-ethyl adjacent to an activating group) is 1. The molecule has 1 aromatic rings. The molecule has 1 nitrogen and oxygen atoms in total. The van der Waals surface area contributed by atoms with Crippen molar-refractivity contribution in [1.29, 1.82) is 0 Å². The summed E-state index contributed by atoms with van der Waals surface area (Å²) in [6, 6.07) is 9.34. The van der Waals surface area contributed by atoms with E-state index in [-0.39, 0.29) is 0 Å². The summed E-state index contributed by atoms with van der Waals surface area (Å²) in [6.45, 7) is 2.16. The summed E-state index contributed by atoms with van der Waals surface area (Å²) in [7, 11) is 2.10. The van der Waals surface area contributed by atoms with E-state index in [1.165, 1.54) is 49.0 Å². The van der Waals surface area contributed by atoms with E-state index in [0.717, 1.165) is 5.75 Å². The molecule has 0 heterocycles. The SMILES string of the molecule is CNC(CSc1cccc(C)c1)/C1=C/CCCCCC1. The Hall–Kier alpha value is -0.730. The minimum absolute atomic E-state index is 0.526. The fourth-order valence-electron chi connectivity index (χ4n) is 2.79. The van der Waals surface area contributed by atoms with Crippen LogP contribution in [0.5, 0.6) is 0 Å². The summed E-state index contributed by atoms with van der Waals surface area (Å²) in [6.07, 6.45) is 10.6. The summed E-state index contributed by atoms with van der Waals surface area (Å²) in [5.41, 5.74) is 2.98. The minimum Gasteiger partial charge on any atom is -0.313 e. The minimum atomic E-state index is 0.526. The molecule has 2 rings (SSSR count). The molecule has 0 radical (unpaired) electrons. The van der Waals surface area contributed by atoms with Gasteiger partial charge in [0, 0.05) is 16.7 Å². The van der Waals surface area contributed by atoms with Gasteiger partial charge in [-0.1, -0.05) is 42.2 Å². The molecule has 1 aromatic carbocycles. The molecule has 0 aliphatic heterocycles. The van der Waals surface area contributed by atoms with Crippen LogP contribution in [0.15, 0.2) is 40.8 Å². The van der Waals surface area contributed by atoms with Crippen molar-refractivity contribution in [1.82, 2.24) is 5.32 Å². The van der Waals surface area contributed by atoms with Crippen LogP contribution in [-0.2, 0) is 0 Å². The van der Waals surface area contributed by atoms with Crippen LogP contribution in [0.3, 0.4) is 0 Å². The zero-order valence-corrected chi connectivity index (χ0v) is 13.6. The summed E-state index contributed by atoms with van der Waals surface area (Å²) in [5.74, 6) is 1.13. The lowest BCUT2D eigenvalue weighted by molar-refractivity contribution is 0.583. The maximum absolute atomic E-state index is 3.52. The molecule has 1 atom stereocenters. The molecule has 0 amide bonds. The molecule has 1 aliphatic rings. The van der Waals surface area contributed by atoms with E-state index in [0.29, 0.717) is 6.04 Å². The number of allylic oxidation sites excluding steroid dienone is 1. The standard InChI is InChI=1S/C18H27NS/c1-15-9-8-12-17(13-15)20-14-18(19-2)16-10-6-4-3-5-7-11-16/h8-10,12-13,18-19H,3-7,11,14H2,1-2H3/b16-10+. The van der Waals surface area contributed by atoms with Crippen LogP contribution in [0.25, 0.3) is 0 Å². The molecule has 1 unspecified atom stereocenters. The Morgan fingerprint density at radius 1 is 1.20 bits per heavy atom. The highest BCUT2D eigenvalue weighted by molar-refractivity contribution is 7.99. The predicted molar refractivity (Wildman–Crippen MR) is 90.5 cm³/mol. The molecule has 0 aromatic heterocycles. The third-order valence-corrected chi connectivity index (χ3v) is 5.12. The number of hydrogen-bond donors (Lipinski definition) is 1. The van der Waals surface area contributed by atoms with E-state index < -0.39 is 0 Å². The van der Waals surface area contributed by atoms with Gasteiger partial charge in [0.25, 0.3) is 0 Å². The largest absolute Gasteiger partial charge is 0.313 e. The van der Waals surface area contributed by atoms with E-state index in [4.69, 9.17) is 0 Å². The van der Waals surface area contributed by atoms with Crippen LogP contribution in [0, 0.1) is 6.92 Å². The number of hydrogen-bond acceptors (Lipinski definition) is 2. The highest BCUT2D eigenvalue weighted by Crippen LogP contribution is 2.25. The first-order chi connectivity index (χ1) is 9.79. The van der Waals surface area contributed by atoms with Crippen molar-refractivity contribution < 1.29 is 0 Å². The zero-order valence-electron chi connectivity index (χ0n) is 12.8. The van der Waals surface area contributed by atoms with Gasteiger partial charge in [-0.2, -0.15) is 0 Å². The van der Waals surface area contributed by atoms with Gasteiger partial charge in [-0.25, -0.2) is 0 Å². The van der Waals surface area contributed by atoms with Crippen molar-refractivity contribution >= 4 is 11.8 Å². The fourth-order valence-corrected chi connectivity index (χ4v) is 3.98.